The van der Waals surface area contributed by atoms with Crippen LogP contribution in [0, 0.1) is 6.92 Å². The number of hydrogen-bond donors (Lipinski definition) is 1. The predicted molar refractivity (Wildman–Crippen MR) is 153 cm³/mol. The van der Waals surface area contributed by atoms with Crippen molar-refractivity contribution >= 4 is 29.1 Å². The first-order valence-electron chi connectivity index (χ1n) is 12.7. The van der Waals surface area contributed by atoms with E-state index in [4.69, 9.17) is 0 Å². The summed E-state index contributed by atoms with van der Waals surface area (Å²) < 4.78 is 0. The zero-order valence-corrected chi connectivity index (χ0v) is 23.0. The van der Waals surface area contributed by atoms with Gasteiger partial charge in [0.25, 0.3) is 5.91 Å². The van der Waals surface area contributed by atoms with Gasteiger partial charge in [0.15, 0.2) is 0 Å². The molecule has 5 heteroatoms. The van der Waals surface area contributed by atoms with Crippen LogP contribution < -0.4 is 5.32 Å². The number of benzene rings is 2. The molecule has 4 nitrogen and oxygen atoms in total. The largest absolute Gasteiger partial charge is 0.355 e. The Morgan fingerprint density at radius 2 is 1.78 bits per heavy atom. The minimum atomic E-state index is -0.253. The number of nitrogens with one attached hydrogen (secondary N) is 1. The van der Waals surface area contributed by atoms with Crippen molar-refractivity contribution in [3.63, 3.8) is 0 Å². The third-order valence-electron chi connectivity index (χ3n) is 6.53. The number of likely N-dealkylation sites (tertiary alicyclic amines) is 1. The number of amides is 2. The first kappa shape index (κ1) is 27.5. The standard InChI is InChI=1S/C31H38N2O2S/c1-6-7-13-26(27-16-17-28(23(3)21-27)30(34)32-5)20-22(2)24(4)36-29(25-14-9-8-10-15-25)31(35)33-18-11-12-19-33/h7-10,13-17,20-21,29H,6,11-12,18-19H2,1-5H3,(H,32,34)/b13-7+,24-22+,26-20+. The number of nitrogens with zero attached hydrogens (tertiary/aromatic N) is 1. The first-order chi connectivity index (χ1) is 17.3. The van der Waals surface area contributed by atoms with Crippen LogP contribution in [-0.2, 0) is 4.79 Å². The molecule has 1 aliphatic heterocycles. The Morgan fingerprint density at radius 3 is 2.39 bits per heavy atom. The minimum absolute atomic E-state index is 0.0772. The third-order valence-corrected chi connectivity index (χ3v) is 7.92. The Balaban J connectivity index is 1.95. The van der Waals surface area contributed by atoms with Gasteiger partial charge in [0, 0.05) is 25.7 Å². The van der Waals surface area contributed by atoms with Crippen LogP contribution in [0.3, 0.4) is 0 Å². The van der Waals surface area contributed by atoms with Gasteiger partial charge >= 0.3 is 0 Å². The Labute approximate surface area is 220 Å². The summed E-state index contributed by atoms with van der Waals surface area (Å²) >= 11 is 1.64. The predicted octanol–water partition coefficient (Wildman–Crippen LogP) is 7.10. The van der Waals surface area contributed by atoms with E-state index in [-0.39, 0.29) is 17.1 Å². The van der Waals surface area contributed by atoms with Gasteiger partial charge in [-0.3, -0.25) is 9.59 Å². The van der Waals surface area contributed by atoms with Crippen LogP contribution in [-0.4, -0.2) is 36.9 Å². The lowest BCUT2D eigenvalue weighted by molar-refractivity contribution is -0.129. The Morgan fingerprint density at radius 1 is 1.08 bits per heavy atom. The zero-order valence-electron chi connectivity index (χ0n) is 22.1. The van der Waals surface area contributed by atoms with Gasteiger partial charge in [-0.05, 0) is 78.8 Å². The second-order valence-electron chi connectivity index (χ2n) is 9.20. The molecule has 1 heterocycles. The second-order valence-corrected chi connectivity index (χ2v) is 10.5. The summed E-state index contributed by atoms with van der Waals surface area (Å²) in [6, 6.07) is 16.1. The average Bonchev–Trinajstić information content (AvgIpc) is 3.44. The molecule has 2 amide bonds. The highest BCUT2D eigenvalue weighted by molar-refractivity contribution is 8.03. The van der Waals surface area contributed by atoms with E-state index in [1.807, 2.05) is 42.2 Å². The maximum absolute atomic E-state index is 13.5. The van der Waals surface area contributed by atoms with E-state index < -0.39 is 0 Å². The highest BCUT2D eigenvalue weighted by Crippen LogP contribution is 2.38. The maximum atomic E-state index is 13.5. The molecular formula is C31H38N2O2S. The average molecular weight is 503 g/mol. The van der Waals surface area contributed by atoms with Crippen molar-refractivity contribution in [2.45, 2.75) is 52.2 Å². The van der Waals surface area contributed by atoms with Gasteiger partial charge in [-0.25, -0.2) is 0 Å². The Bertz CT molecular complexity index is 1160. The molecule has 0 radical (unpaired) electrons. The lowest BCUT2D eigenvalue weighted by Gasteiger charge is -2.24. The van der Waals surface area contributed by atoms with Gasteiger partial charge in [0.05, 0.1) is 0 Å². The monoisotopic (exact) mass is 502 g/mol. The summed E-state index contributed by atoms with van der Waals surface area (Å²) in [5.74, 6) is 0.123. The topological polar surface area (TPSA) is 49.4 Å². The van der Waals surface area contributed by atoms with Crippen LogP contribution in [0.2, 0.25) is 0 Å². The van der Waals surface area contributed by atoms with E-state index in [9.17, 15) is 9.59 Å². The lowest BCUT2D eigenvalue weighted by Crippen LogP contribution is -2.31. The molecule has 36 heavy (non-hydrogen) atoms. The normalized spacial score (nSPS) is 15.7. The van der Waals surface area contributed by atoms with Crippen molar-refractivity contribution in [1.29, 1.82) is 0 Å². The second kappa shape index (κ2) is 13.3. The fourth-order valence-corrected chi connectivity index (χ4v) is 5.44. The number of carbonyl (C=O) groups excluding carboxylic acids is 2. The van der Waals surface area contributed by atoms with E-state index in [1.54, 1.807) is 18.8 Å². The van der Waals surface area contributed by atoms with Crippen molar-refractivity contribution < 1.29 is 9.59 Å². The van der Waals surface area contributed by atoms with E-state index in [2.05, 4.69) is 62.5 Å². The summed E-state index contributed by atoms with van der Waals surface area (Å²) in [6.07, 6.45) is 9.57. The molecule has 1 fully saturated rings. The van der Waals surface area contributed by atoms with Gasteiger partial charge in [0.1, 0.15) is 5.25 Å². The Hall–Kier alpha value is -3.05. The van der Waals surface area contributed by atoms with Crippen molar-refractivity contribution in [1.82, 2.24) is 10.2 Å². The number of rotatable bonds is 9. The molecule has 1 N–H and O–H groups in total. The van der Waals surface area contributed by atoms with E-state index in [1.165, 1.54) is 0 Å². The molecule has 1 atom stereocenters. The quantitative estimate of drug-likeness (QED) is 0.372. The van der Waals surface area contributed by atoms with E-state index >= 15 is 0 Å². The number of hydrogen-bond acceptors (Lipinski definition) is 3. The SMILES string of the molecule is CC/C=C/C(=C\C(C)=C(/C)SC(C(=O)N1CCCC1)c1ccccc1)c1ccc(C(=O)NC)c(C)c1. The van der Waals surface area contributed by atoms with Gasteiger partial charge in [-0.15, -0.1) is 11.8 Å². The molecule has 0 spiro atoms. The van der Waals surface area contributed by atoms with Crippen molar-refractivity contribution in [3.05, 3.63) is 99.5 Å². The molecule has 2 aromatic rings. The summed E-state index contributed by atoms with van der Waals surface area (Å²) in [6.45, 7) is 9.99. The molecule has 0 aromatic heterocycles. The van der Waals surface area contributed by atoms with Gasteiger partial charge < -0.3 is 10.2 Å². The number of allylic oxidation sites excluding steroid dienone is 6. The summed E-state index contributed by atoms with van der Waals surface area (Å²) in [5, 5.41) is 2.45. The molecule has 1 aliphatic rings. The molecule has 1 saturated heterocycles. The smallest absolute Gasteiger partial charge is 0.251 e. The highest BCUT2D eigenvalue weighted by Gasteiger charge is 2.28. The van der Waals surface area contributed by atoms with Crippen LogP contribution >= 0.6 is 11.8 Å². The van der Waals surface area contributed by atoms with Crippen LogP contribution in [0.5, 0.6) is 0 Å². The maximum Gasteiger partial charge on any atom is 0.251 e. The highest BCUT2D eigenvalue weighted by atomic mass is 32.2. The molecule has 1 unspecified atom stereocenters. The van der Waals surface area contributed by atoms with Crippen molar-refractivity contribution in [2.24, 2.45) is 0 Å². The van der Waals surface area contributed by atoms with E-state index in [0.717, 1.165) is 65.1 Å². The van der Waals surface area contributed by atoms with Crippen molar-refractivity contribution in [3.8, 4) is 0 Å². The van der Waals surface area contributed by atoms with E-state index in [0.29, 0.717) is 5.56 Å². The van der Waals surface area contributed by atoms with Gasteiger partial charge in [-0.1, -0.05) is 67.6 Å². The van der Waals surface area contributed by atoms with Crippen LogP contribution in [0.4, 0.5) is 0 Å². The zero-order chi connectivity index (χ0) is 26.1. The molecule has 190 valence electrons. The summed E-state index contributed by atoms with van der Waals surface area (Å²) in [5.41, 5.74) is 5.94. The summed E-state index contributed by atoms with van der Waals surface area (Å²) in [4.78, 5) is 28.7. The Kier molecular flexibility index (Phi) is 10.2. The number of carbonyl (C=O) groups is 2. The summed E-state index contributed by atoms with van der Waals surface area (Å²) in [7, 11) is 1.65. The molecular weight excluding hydrogens is 464 g/mol. The fraction of sp³-hybridized carbons (Fsp3) is 0.355. The lowest BCUT2D eigenvalue weighted by atomic mass is 9.97. The molecule has 0 bridgehead atoms. The minimum Gasteiger partial charge on any atom is -0.355 e. The fourth-order valence-electron chi connectivity index (χ4n) is 4.30. The molecule has 3 rings (SSSR count). The van der Waals surface area contributed by atoms with Crippen LogP contribution in [0.1, 0.15) is 72.3 Å². The van der Waals surface area contributed by atoms with Crippen LogP contribution in [0.25, 0.3) is 5.57 Å². The number of aryl methyl sites for hydroxylation is 1. The molecule has 0 saturated carbocycles. The third kappa shape index (κ3) is 7.01. The van der Waals surface area contributed by atoms with Gasteiger partial charge in [0.2, 0.25) is 5.91 Å². The molecule has 2 aromatic carbocycles. The van der Waals surface area contributed by atoms with Crippen molar-refractivity contribution in [2.75, 3.05) is 20.1 Å². The molecule has 0 aliphatic carbocycles. The van der Waals surface area contributed by atoms with Gasteiger partial charge in [-0.2, -0.15) is 0 Å². The number of thioether (sulfide) groups is 1. The van der Waals surface area contributed by atoms with Crippen LogP contribution in [0.15, 0.2) is 77.2 Å². The first-order valence-corrected chi connectivity index (χ1v) is 13.6.